The predicted molar refractivity (Wildman–Crippen MR) is 47.6 cm³/mol. The van der Waals surface area contributed by atoms with Crippen molar-refractivity contribution in [2.75, 3.05) is 13.1 Å². The van der Waals surface area contributed by atoms with Crippen molar-refractivity contribution in [3.05, 3.63) is 0 Å². The van der Waals surface area contributed by atoms with Crippen molar-refractivity contribution in [3.8, 4) is 0 Å². The molecular weight excluding hydrogens is 170 g/mol. The van der Waals surface area contributed by atoms with Crippen molar-refractivity contribution in [2.24, 2.45) is 11.5 Å². The van der Waals surface area contributed by atoms with Crippen LogP contribution in [0.4, 0.5) is 0 Å². The van der Waals surface area contributed by atoms with Crippen molar-refractivity contribution in [1.29, 1.82) is 0 Å². The van der Waals surface area contributed by atoms with E-state index in [1.165, 1.54) is 0 Å². The van der Waals surface area contributed by atoms with Gasteiger partial charge in [0.1, 0.15) is 0 Å². The molecule has 0 aliphatic carbocycles. The second-order valence-corrected chi connectivity index (χ2v) is 3.31. The van der Waals surface area contributed by atoms with E-state index < -0.39 is 0 Å². The molecule has 0 spiro atoms. The van der Waals surface area contributed by atoms with Gasteiger partial charge in [0.05, 0.1) is 6.04 Å². The molecule has 1 aliphatic rings. The third-order valence-corrected chi connectivity index (χ3v) is 2.34. The van der Waals surface area contributed by atoms with Crippen LogP contribution >= 0.6 is 0 Å². The zero-order chi connectivity index (χ0) is 9.84. The summed E-state index contributed by atoms with van der Waals surface area (Å²) in [4.78, 5) is 23.4. The molecule has 1 fully saturated rings. The van der Waals surface area contributed by atoms with E-state index in [1.807, 2.05) is 4.90 Å². The van der Waals surface area contributed by atoms with Gasteiger partial charge in [0.15, 0.2) is 0 Å². The number of nitrogens with two attached hydrogens (primary N) is 2. The first kappa shape index (κ1) is 9.98. The van der Waals surface area contributed by atoms with E-state index in [0.717, 1.165) is 19.4 Å². The minimum Gasteiger partial charge on any atom is -0.370 e. The lowest BCUT2D eigenvalue weighted by molar-refractivity contribution is -0.123. The number of carbonyl (C=O) groups is 2. The van der Waals surface area contributed by atoms with Crippen LogP contribution < -0.4 is 11.5 Å². The Balaban J connectivity index is 2.39. The van der Waals surface area contributed by atoms with Crippen molar-refractivity contribution < 1.29 is 9.59 Å². The van der Waals surface area contributed by atoms with E-state index >= 15 is 0 Å². The fourth-order valence-electron chi connectivity index (χ4n) is 1.67. The van der Waals surface area contributed by atoms with Crippen LogP contribution in [0.1, 0.15) is 19.3 Å². The van der Waals surface area contributed by atoms with Gasteiger partial charge in [-0.2, -0.15) is 0 Å². The van der Waals surface area contributed by atoms with Crippen LogP contribution in [0.2, 0.25) is 0 Å². The Labute approximate surface area is 77.1 Å². The Morgan fingerprint density at radius 1 is 1.38 bits per heavy atom. The molecule has 1 atom stereocenters. The summed E-state index contributed by atoms with van der Waals surface area (Å²) >= 11 is 0. The summed E-state index contributed by atoms with van der Waals surface area (Å²) in [6.07, 6.45) is 2.06. The predicted octanol–water partition coefficient (Wildman–Crippen LogP) is -1.19. The lowest BCUT2D eigenvalue weighted by Crippen LogP contribution is -2.41. The molecule has 13 heavy (non-hydrogen) atoms. The highest BCUT2D eigenvalue weighted by Crippen LogP contribution is 2.16. The van der Waals surface area contributed by atoms with Gasteiger partial charge in [-0.05, 0) is 19.4 Å². The normalized spacial score (nSPS) is 23.2. The first-order valence-electron chi connectivity index (χ1n) is 4.43. The molecular formula is C8H15N3O2. The number of likely N-dealkylation sites (tertiary alicyclic amines) is 1. The minimum atomic E-state index is -0.338. The van der Waals surface area contributed by atoms with E-state index in [0.29, 0.717) is 13.0 Å². The van der Waals surface area contributed by atoms with Crippen molar-refractivity contribution in [2.45, 2.75) is 25.3 Å². The average molecular weight is 185 g/mol. The van der Waals surface area contributed by atoms with Crippen LogP contribution in [-0.2, 0) is 9.59 Å². The molecule has 5 nitrogen and oxygen atoms in total. The van der Waals surface area contributed by atoms with E-state index in [1.54, 1.807) is 0 Å². The maximum absolute atomic E-state index is 10.9. The van der Waals surface area contributed by atoms with Gasteiger partial charge in [-0.1, -0.05) is 0 Å². The van der Waals surface area contributed by atoms with E-state index in [-0.39, 0.29) is 17.9 Å². The zero-order valence-corrected chi connectivity index (χ0v) is 7.53. The molecule has 0 bridgehead atoms. The molecule has 74 valence electrons. The first-order valence-corrected chi connectivity index (χ1v) is 4.43. The van der Waals surface area contributed by atoms with Gasteiger partial charge in [0.2, 0.25) is 11.8 Å². The molecule has 2 amide bonds. The first-order chi connectivity index (χ1) is 6.11. The lowest BCUT2D eigenvalue weighted by Gasteiger charge is -2.20. The second kappa shape index (κ2) is 4.23. The molecule has 0 aromatic carbocycles. The molecule has 1 saturated heterocycles. The number of rotatable bonds is 4. The largest absolute Gasteiger partial charge is 0.370 e. The number of hydrogen-bond donors (Lipinski definition) is 2. The summed E-state index contributed by atoms with van der Waals surface area (Å²) < 4.78 is 0. The molecule has 5 heteroatoms. The van der Waals surface area contributed by atoms with Gasteiger partial charge in [-0.15, -0.1) is 0 Å². The second-order valence-electron chi connectivity index (χ2n) is 3.31. The maximum atomic E-state index is 10.9. The number of hydrogen-bond acceptors (Lipinski definition) is 3. The van der Waals surface area contributed by atoms with Crippen molar-refractivity contribution >= 4 is 11.8 Å². The average Bonchev–Trinajstić information content (AvgIpc) is 2.47. The van der Waals surface area contributed by atoms with Crippen LogP contribution in [0.25, 0.3) is 0 Å². The fraction of sp³-hybridized carbons (Fsp3) is 0.750. The number of nitrogens with zero attached hydrogens (tertiary/aromatic N) is 1. The van der Waals surface area contributed by atoms with Crippen LogP contribution in [0.15, 0.2) is 0 Å². The standard InChI is InChI=1S/C8H15N3O2/c9-7(12)3-5-11-4-1-2-6(11)8(10)13/h6H,1-5H2,(H2,9,12)(H2,10,13). The Kier molecular flexibility index (Phi) is 3.25. The zero-order valence-electron chi connectivity index (χ0n) is 7.53. The lowest BCUT2D eigenvalue weighted by atomic mass is 10.2. The highest BCUT2D eigenvalue weighted by atomic mass is 16.1. The van der Waals surface area contributed by atoms with Gasteiger partial charge in [-0.3, -0.25) is 14.5 Å². The van der Waals surface area contributed by atoms with Gasteiger partial charge < -0.3 is 11.5 Å². The Morgan fingerprint density at radius 3 is 2.62 bits per heavy atom. The number of amides is 2. The monoisotopic (exact) mass is 185 g/mol. The molecule has 1 heterocycles. The van der Waals surface area contributed by atoms with Gasteiger partial charge >= 0.3 is 0 Å². The van der Waals surface area contributed by atoms with E-state index in [9.17, 15) is 9.59 Å². The molecule has 4 N–H and O–H groups in total. The molecule has 0 radical (unpaired) electrons. The Bertz CT molecular complexity index is 217. The number of primary amides is 2. The third-order valence-electron chi connectivity index (χ3n) is 2.34. The molecule has 1 aliphatic heterocycles. The number of carbonyl (C=O) groups excluding carboxylic acids is 2. The van der Waals surface area contributed by atoms with Crippen molar-refractivity contribution in [1.82, 2.24) is 4.90 Å². The van der Waals surface area contributed by atoms with Crippen LogP contribution in [0.3, 0.4) is 0 Å². The molecule has 0 aromatic heterocycles. The summed E-state index contributed by atoms with van der Waals surface area (Å²) in [5, 5.41) is 0. The Hall–Kier alpha value is -1.10. The summed E-state index contributed by atoms with van der Waals surface area (Å²) in [6, 6.07) is -0.195. The fourth-order valence-corrected chi connectivity index (χ4v) is 1.67. The van der Waals surface area contributed by atoms with E-state index in [4.69, 9.17) is 11.5 Å². The summed E-state index contributed by atoms with van der Waals surface area (Å²) in [7, 11) is 0. The van der Waals surface area contributed by atoms with E-state index in [2.05, 4.69) is 0 Å². The molecule has 0 aromatic rings. The SMILES string of the molecule is NC(=O)CCN1CCCC1C(N)=O. The topological polar surface area (TPSA) is 89.4 Å². The van der Waals surface area contributed by atoms with Crippen LogP contribution in [-0.4, -0.2) is 35.8 Å². The quantitative estimate of drug-likeness (QED) is 0.577. The highest BCUT2D eigenvalue weighted by molar-refractivity contribution is 5.80. The van der Waals surface area contributed by atoms with Crippen LogP contribution in [0.5, 0.6) is 0 Å². The Morgan fingerprint density at radius 2 is 2.08 bits per heavy atom. The summed E-state index contributed by atoms with van der Waals surface area (Å²) in [5.74, 6) is -0.642. The van der Waals surface area contributed by atoms with Crippen LogP contribution in [0, 0.1) is 0 Å². The summed E-state index contributed by atoms with van der Waals surface area (Å²) in [5.41, 5.74) is 10.2. The smallest absolute Gasteiger partial charge is 0.234 e. The van der Waals surface area contributed by atoms with Crippen molar-refractivity contribution in [3.63, 3.8) is 0 Å². The molecule has 1 unspecified atom stereocenters. The highest BCUT2D eigenvalue weighted by Gasteiger charge is 2.28. The third kappa shape index (κ3) is 2.69. The molecule has 1 rings (SSSR count). The van der Waals surface area contributed by atoms with Gasteiger partial charge in [-0.25, -0.2) is 0 Å². The van der Waals surface area contributed by atoms with Gasteiger partial charge in [0, 0.05) is 13.0 Å². The minimum absolute atomic E-state index is 0.195. The summed E-state index contributed by atoms with van der Waals surface area (Å²) in [6.45, 7) is 1.38. The molecule has 0 saturated carbocycles. The maximum Gasteiger partial charge on any atom is 0.234 e. The van der Waals surface area contributed by atoms with Gasteiger partial charge in [0.25, 0.3) is 0 Å².